The van der Waals surface area contributed by atoms with E-state index in [-0.39, 0.29) is 0 Å². The fourth-order valence-electron chi connectivity index (χ4n) is 2.55. The molecule has 0 saturated heterocycles. The number of aromatic amines is 1. The fourth-order valence-corrected chi connectivity index (χ4v) is 5.53. The predicted octanol–water partition coefficient (Wildman–Crippen LogP) is 4.18. The summed E-state index contributed by atoms with van der Waals surface area (Å²) in [5.74, 6) is 0. The van der Waals surface area contributed by atoms with Crippen LogP contribution in [-0.2, 0) is 10.0 Å². The van der Waals surface area contributed by atoms with Gasteiger partial charge in [-0.25, -0.2) is 13.4 Å². The van der Waals surface area contributed by atoms with Crippen LogP contribution >= 0.6 is 22.7 Å². The van der Waals surface area contributed by atoms with Crippen molar-refractivity contribution in [2.45, 2.75) is 4.21 Å². The third-order valence-corrected chi connectivity index (χ3v) is 7.70. The number of benzene rings is 1. The number of para-hydroxylation sites is 1. The lowest BCUT2D eigenvalue weighted by molar-refractivity contribution is 0.596. The van der Waals surface area contributed by atoms with Crippen molar-refractivity contribution in [3.63, 3.8) is 0 Å². The Morgan fingerprint density at radius 2 is 2.00 bits per heavy atom. The zero-order valence-electron chi connectivity index (χ0n) is 12.6. The van der Waals surface area contributed by atoms with Gasteiger partial charge in [0.15, 0.2) is 0 Å². The van der Waals surface area contributed by atoms with E-state index >= 15 is 0 Å². The van der Waals surface area contributed by atoms with E-state index in [0.717, 1.165) is 21.6 Å². The summed E-state index contributed by atoms with van der Waals surface area (Å²) in [6, 6.07) is 11.0. The number of nitrogens with one attached hydrogen (secondary N) is 1. The van der Waals surface area contributed by atoms with Crippen molar-refractivity contribution in [2.75, 3.05) is 11.4 Å². The van der Waals surface area contributed by atoms with E-state index in [1.54, 1.807) is 36.8 Å². The van der Waals surface area contributed by atoms with Gasteiger partial charge in [-0.05, 0) is 23.6 Å². The number of rotatable bonds is 4. The third-order valence-electron chi connectivity index (χ3n) is 3.75. The van der Waals surface area contributed by atoms with Crippen LogP contribution in [0.1, 0.15) is 0 Å². The molecule has 0 saturated carbocycles. The Labute approximate surface area is 147 Å². The molecule has 0 aliphatic carbocycles. The Bertz CT molecular complexity index is 1080. The van der Waals surface area contributed by atoms with Gasteiger partial charge in [0.1, 0.15) is 9.22 Å². The number of hydrogen-bond acceptors (Lipinski definition) is 5. The Morgan fingerprint density at radius 3 is 2.71 bits per heavy atom. The summed E-state index contributed by atoms with van der Waals surface area (Å²) in [7, 11) is -1.99. The SMILES string of the molecule is CN(c1cccc2cc(-c3nccs3)[nH]c12)S(=O)(=O)c1cccs1. The van der Waals surface area contributed by atoms with Gasteiger partial charge in [0.05, 0.1) is 16.9 Å². The topological polar surface area (TPSA) is 66.1 Å². The average molecular weight is 376 g/mol. The number of anilines is 1. The highest BCUT2D eigenvalue weighted by Gasteiger charge is 2.24. The van der Waals surface area contributed by atoms with Gasteiger partial charge < -0.3 is 4.98 Å². The Kier molecular flexibility index (Phi) is 3.67. The average Bonchev–Trinajstić information content (AvgIpc) is 3.33. The summed E-state index contributed by atoms with van der Waals surface area (Å²) < 4.78 is 27.2. The molecule has 1 N–H and O–H groups in total. The zero-order chi connectivity index (χ0) is 16.7. The Morgan fingerprint density at radius 1 is 1.12 bits per heavy atom. The second-order valence-corrected chi connectivity index (χ2v) is 9.20. The largest absolute Gasteiger partial charge is 0.351 e. The molecule has 0 aliphatic rings. The highest BCUT2D eigenvalue weighted by molar-refractivity contribution is 7.94. The molecule has 1 aromatic carbocycles. The molecular formula is C16H13N3O2S3. The van der Waals surface area contributed by atoms with Gasteiger partial charge >= 0.3 is 0 Å². The van der Waals surface area contributed by atoms with Gasteiger partial charge in [-0.3, -0.25) is 4.31 Å². The highest BCUT2D eigenvalue weighted by Crippen LogP contribution is 2.33. The standard InChI is InChI=1S/C16H13N3O2S3/c1-19(24(20,21)14-6-3-8-22-14)13-5-2-4-11-10-12(18-15(11)13)16-17-7-9-23-16/h2-10,18H,1H3. The number of thiazole rings is 1. The van der Waals surface area contributed by atoms with Crippen LogP contribution in [0, 0.1) is 0 Å². The lowest BCUT2D eigenvalue weighted by Gasteiger charge is -2.19. The molecule has 0 aliphatic heterocycles. The number of hydrogen-bond donors (Lipinski definition) is 1. The molecule has 0 amide bonds. The third kappa shape index (κ3) is 2.43. The molecule has 0 unspecified atom stereocenters. The summed E-state index contributed by atoms with van der Waals surface area (Å²) in [6.07, 6.45) is 1.75. The van der Waals surface area contributed by atoms with Gasteiger partial charge in [0, 0.05) is 24.0 Å². The molecule has 0 spiro atoms. The van der Waals surface area contributed by atoms with E-state index in [0.29, 0.717) is 9.90 Å². The molecular weight excluding hydrogens is 362 g/mol. The fraction of sp³-hybridized carbons (Fsp3) is 0.0625. The van der Waals surface area contributed by atoms with Gasteiger partial charge in [0.2, 0.25) is 0 Å². The second kappa shape index (κ2) is 5.73. The molecule has 24 heavy (non-hydrogen) atoms. The smallest absolute Gasteiger partial charge is 0.273 e. The van der Waals surface area contributed by atoms with E-state index in [4.69, 9.17) is 0 Å². The minimum Gasteiger partial charge on any atom is -0.351 e. The summed E-state index contributed by atoms with van der Waals surface area (Å²) >= 11 is 2.75. The van der Waals surface area contributed by atoms with Gasteiger partial charge in [-0.2, -0.15) is 0 Å². The number of H-pyrrole nitrogens is 1. The van der Waals surface area contributed by atoms with E-state index < -0.39 is 10.0 Å². The molecule has 3 heterocycles. The van der Waals surface area contributed by atoms with Crippen molar-refractivity contribution in [2.24, 2.45) is 0 Å². The molecule has 0 bridgehead atoms. The van der Waals surface area contributed by atoms with E-state index in [1.807, 2.05) is 23.6 Å². The Balaban J connectivity index is 1.85. The minimum atomic E-state index is -3.57. The summed E-state index contributed by atoms with van der Waals surface area (Å²) in [4.78, 5) is 7.61. The van der Waals surface area contributed by atoms with Crippen molar-refractivity contribution in [1.82, 2.24) is 9.97 Å². The molecule has 0 atom stereocenters. The molecule has 0 radical (unpaired) electrons. The molecule has 3 aromatic heterocycles. The molecule has 122 valence electrons. The monoisotopic (exact) mass is 375 g/mol. The minimum absolute atomic E-state index is 0.328. The number of thiophene rings is 1. The van der Waals surface area contributed by atoms with Gasteiger partial charge in [0.25, 0.3) is 10.0 Å². The summed E-state index contributed by atoms with van der Waals surface area (Å²) in [5, 5.41) is 5.50. The van der Waals surface area contributed by atoms with Crippen molar-refractivity contribution in [1.29, 1.82) is 0 Å². The van der Waals surface area contributed by atoms with Crippen LogP contribution in [0.15, 0.2) is 57.6 Å². The van der Waals surface area contributed by atoms with Crippen molar-refractivity contribution < 1.29 is 8.42 Å². The quantitative estimate of drug-likeness (QED) is 0.582. The van der Waals surface area contributed by atoms with Crippen molar-refractivity contribution in [3.8, 4) is 10.7 Å². The van der Waals surface area contributed by atoms with Gasteiger partial charge in [-0.15, -0.1) is 22.7 Å². The first-order chi connectivity index (χ1) is 11.6. The molecule has 0 fully saturated rings. The first-order valence-corrected chi connectivity index (χ1v) is 10.3. The molecule has 4 aromatic rings. The maximum Gasteiger partial charge on any atom is 0.273 e. The van der Waals surface area contributed by atoms with Crippen LogP contribution in [0.25, 0.3) is 21.6 Å². The van der Waals surface area contributed by atoms with Crippen LogP contribution in [-0.4, -0.2) is 25.4 Å². The first-order valence-electron chi connectivity index (χ1n) is 7.11. The van der Waals surface area contributed by atoms with Gasteiger partial charge in [-0.1, -0.05) is 18.2 Å². The number of aromatic nitrogens is 2. The van der Waals surface area contributed by atoms with E-state index in [1.165, 1.54) is 27.0 Å². The predicted molar refractivity (Wildman–Crippen MR) is 99.3 cm³/mol. The number of nitrogens with zero attached hydrogens (tertiary/aromatic N) is 2. The van der Waals surface area contributed by atoms with Crippen molar-refractivity contribution >= 4 is 49.3 Å². The zero-order valence-corrected chi connectivity index (χ0v) is 15.1. The first kappa shape index (κ1) is 15.4. The molecule has 4 rings (SSSR count). The van der Waals surface area contributed by atoms with Crippen LogP contribution < -0.4 is 4.31 Å². The van der Waals surface area contributed by atoms with E-state index in [2.05, 4.69) is 9.97 Å². The maximum absolute atomic E-state index is 12.8. The lowest BCUT2D eigenvalue weighted by atomic mass is 10.2. The highest BCUT2D eigenvalue weighted by atomic mass is 32.2. The Hall–Kier alpha value is -2.16. The number of sulfonamides is 1. The van der Waals surface area contributed by atoms with Crippen LogP contribution in [0.3, 0.4) is 0 Å². The summed E-state index contributed by atoms with van der Waals surface area (Å²) in [6.45, 7) is 0. The number of fused-ring (bicyclic) bond motifs is 1. The molecule has 5 nitrogen and oxygen atoms in total. The summed E-state index contributed by atoms with van der Waals surface area (Å²) in [5.41, 5.74) is 2.28. The maximum atomic E-state index is 12.8. The van der Waals surface area contributed by atoms with Crippen LogP contribution in [0.5, 0.6) is 0 Å². The van der Waals surface area contributed by atoms with Crippen molar-refractivity contribution in [3.05, 3.63) is 53.4 Å². The van der Waals surface area contributed by atoms with E-state index in [9.17, 15) is 8.42 Å². The second-order valence-electron chi connectivity index (χ2n) is 5.17. The van der Waals surface area contributed by atoms with Crippen LogP contribution in [0.2, 0.25) is 0 Å². The molecule has 8 heteroatoms. The normalized spacial score (nSPS) is 11.9. The van der Waals surface area contributed by atoms with Crippen LogP contribution in [0.4, 0.5) is 5.69 Å². The lowest BCUT2D eigenvalue weighted by Crippen LogP contribution is -2.26.